The molecule has 2 rings (SSSR count). The topological polar surface area (TPSA) is 75.9 Å². The Hall–Kier alpha value is -2.74. The molecule has 22 heavy (non-hydrogen) atoms. The summed E-state index contributed by atoms with van der Waals surface area (Å²) in [4.78, 5) is 12.0. The van der Waals surface area contributed by atoms with E-state index in [-0.39, 0.29) is 5.69 Å². The van der Waals surface area contributed by atoms with Gasteiger partial charge in [0.25, 0.3) is 0 Å². The molecule has 0 aliphatic rings. The number of nitrogens with zero attached hydrogens (tertiary/aromatic N) is 3. The van der Waals surface area contributed by atoms with Crippen molar-refractivity contribution in [2.75, 3.05) is 0 Å². The molecule has 0 saturated heterocycles. The molecule has 0 aliphatic heterocycles. The fourth-order valence-corrected chi connectivity index (χ4v) is 1.86. The van der Waals surface area contributed by atoms with Crippen LogP contribution in [0.3, 0.4) is 0 Å². The summed E-state index contributed by atoms with van der Waals surface area (Å²) in [5, 5.41) is 17.3. The van der Waals surface area contributed by atoms with Crippen LogP contribution in [0.25, 0.3) is 11.3 Å². The van der Waals surface area contributed by atoms with Gasteiger partial charge < -0.3 is 4.74 Å². The monoisotopic (exact) mass is 295 g/mol. The molecular formula is C17H17N3O2. The highest BCUT2D eigenvalue weighted by molar-refractivity contribution is 5.81. The Balaban J connectivity index is 2.22. The van der Waals surface area contributed by atoms with E-state index in [0.717, 1.165) is 5.56 Å². The first-order chi connectivity index (χ1) is 10.4. The molecule has 2 aromatic rings. The van der Waals surface area contributed by atoms with Crippen LogP contribution in [0.4, 0.5) is 0 Å². The average Bonchev–Trinajstić information content (AvgIpc) is 2.48. The lowest BCUT2D eigenvalue weighted by atomic mass is 10.1. The molecule has 0 radical (unpaired) electrons. The van der Waals surface area contributed by atoms with Gasteiger partial charge in [0.2, 0.25) is 0 Å². The van der Waals surface area contributed by atoms with Crippen molar-refractivity contribution in [1.29, 1.82) is 5.26 Å². The first-order valence-corrected chi connectivity index (χ1v) is 6.92. The summed E-state index contributed by atoms with van der Waals surface area (Å²) >= 11 is 0. The van der Waals surface area contributed by atoms with Gasteiger partial charge in [-0.25, -0.2) is 0 Å². The fraction of sp³-hybridized carbons (Fsp3) is 0.294. The van der Waals surface area contributed by atoms with Crippen LogP contribution in [0.15, 0.2) is 42.5 Å². The number of hydrogen-bond donors (Lipinski definition) is 0. The predicted octanol–water partition coefficient (Wildman–Crippen LogP) is 3.09. The molecule has 5 nitrogen and oxygen atoms in total. The van der Waals surface area contributed by atoms with E-state index in [1.165, 1.54) is 0 Å². The Morgan fingerprint density at radius 1 is 1.14 bits per heavy atom. The van der Waals surface area contributed by atoms with Crippen molar-refractivity contribution in [2.24, 2.45) is 0 Å². The van der Waals surface area contributed by atoms with E-state index in [4.69, 9.17) is 4.74 Å². The van der Waals surface area contributed by atoms with Crippen LogP contribution < -0.4 is 0 Å². The van der Waals surface area contributed by atoms with E-state index in [0.29, 0.717) is 5.69 Å². The maximum atomic E-state index is 12.0. The number of carbonyl (C=O) groups is 1. The van der Waals surface area contributed by atoms with Crippen LogP contribution in [0, 0.1) is 11.3 Å². The molecule has 1 heterocycles. The van der Waals surface area contributed by atoms with Crippen molar-refractivity contribution in [3.63, 3.8) is 0 Å². The summed E-state index contributed by atoms with van der Waals surface area (Å²) in [6.07, 6.45) is 0. The molecule has 5 heteroatoms. The smallest absolute Gasteiger partial charge is 0.330 e. The van der Waals surface area contributed by atoms with Crippen molar-refractivity contribution in [2.45, 2.75) is 32.3 Å². The number of benzene rings is 1. The van der Waals surface area contributed by atoms with Crippen molar-refractivity contribution >= 4 is 5.97 Å². The number of hydrogen-bond acceptors (Lipinski definition) is 5. The van der Waals surface area contributed by atoms with Crippen LogP contribution in [0.5, 0.6) is 0 Å². The predicted molar refractivity (Wildman–Crippen MR) is 81.7 cm³/mol. The van der Waals surface area contributed by atoms with Crippen LogP contribution in [-0.2, 0) is 9.53 Å². The van der Waals surface area contributed by atoms with Gasteiger partial charge in [0.1, 0.15) is 5.60 Å². The molecule has 0 spiro atoms. The number of esters is 1. The van der Waals surface area contributed by atoms with Crippen molar-refractivity contribution in [3.05, 3.63) is 48.2 Å². The minimum atomic E-state index is -1.07. The van der Waals surface area contributed by atoms with Crippen molar-refractivity contribution in [3.8, 4) is 17.3 Å². The van der Waals surface area contributed by atoms with E-state index < -0.39 is 17.5 Å². The zero-order valence-electron chi connectivity index (χ0n) is 12.8. The van der Waals surface area contributed by atoms with Crippen molar-refractivity contribution in [1.82, 2.24) is 10.2 Å². The standard InChI is InChI=1S/C17H17N3O2/c1-17(2,3)22-16(21)13(11-18)15-10-9-14(19-20-15)12-7-5-4-6-8-12/h4-10,13H,1-3H3. The van der Waals surface area contributed by atoms with Gasteiger partial charge in [-0.1, -0.05) is 30.3 Å². The van der Waals surface area contributed by atoms with Gasteiger partial charge in [-0.2, -0.15) is 15.5 Å². The third-order valence-electron chi connectivity index (χ3n) is 2.82. The molecule has 1 aromatic carbocycles. The summed E-state index contributed by atoms with van der Waals surface area (Å²) < 4.78 is 5.23. The molecule has 0 aliphatic carbocycles. The zero-order chi connectivity index (χ0) is 16.2. The zero-order valence-corrected chi connectivity index (χ0v) is 12.8. The van der Waals surface area contributed by atoms with Gasteiger partial charge in [-0.05, 0) is 32.9 Å². The Bertz CT molecular complexity index is 683. The number of ether oxygens (including phenoxy) is 1. The number of aromatic nitrogens is 2. The second kappa shape index (κ2) is 6.35. The maximum absolute atomic E-state index is 12.0. The lowest BCUT2D eigenvalue weighted by Crippen LogP contribution is -2.27. The quantitative estimate of drug-likeness (QED) is 0.813. The Labute approximate surface area is 129 Å². The summed E-state index contributed by atoms with van der Waals surface area (Å²) in [6.45, 7) is 5.26. The van der Waals surface area contributed by atoms with E-state index in [9.17, 15) is 10.1 Å². The Morgan fingerprint density at radius 2 is 1.82 bits per heavy atom. The molecule has 1 atom stereocenters. The SMILES string of the molecule is CC(C)(C)OC(=O)C(C#N)c1ccc(-c2ccccc2)nn1. The molecule has 0 saturated carbocycles. The number of carbonyl (C=O) groups excluding carboxylic acids is 1. The van der Waals surface area contributed by atoms with Crippen molar-refractivity contribution < 1.29 is 9.53 Å². The molecule has 0 N–H and O–H groups in total. The lowest BCUT2D eigenvalue weighted by molar-refractivity contribution is -0.155. The molecule has 0 bridgehead atoms. The second-order valence-corrected chi connectivity index (χ2v) is 5.81. The molecular weight excluding hydrogens is 278 g/mol. The Kier molecular flexibility index (Phi) is 4.52. The Morgan fingerprint density at radius 3 is 2.32 bits per heavy atom. The van der Waals surface area contributed by atoms with E-state index in [1.54, 1.807) is 32.9 Å². The molecule has 0 fully saturated rings. The minimum absolute atomic E-state index is 0.288. The molecule has 112 valence electrons. The highest BCUT2D eigenvalue weighted by Gasteiger charge is 2.28. The van der Waals surface area contributed by atoms with Crippen LogP contribution in [0.2, 0.25) is 0 Å². The molecule has 1 aromatic heterocycles. The van der Waals surface area contributed by atoms with Gasteiger partial charge in [0.15, 0.2) is 5.92 Å². The van der Waals surface area contributed by atoms with Gasteiger partial charge in [0.05, 0.1) is 17.5 Å². The minimum Gasteiger partial charge on any atom is -0.459 e. The fourth-order valence-electron chi connectivity index (χ4n) is 1.86. The largest absolute Gasteiger partial charge is 0.459 e. The van der Waals surface area contributed by atoms with Gasteiger partial charge in [-0.3, -0.25) is 4.79 Å². The summed E-state index contributed by atoms with van der Waals surface area (Å²) in [6, 6.07) is 14.9. The average molecular weight is 295 g/mol. The second-order valence-electron chi connectivity index (χ2n) is 5.81. The maximum Gasteiger partial charge on any atom is 0.330 e. The van der Waals surface area contributed by atoms with E-state index >= 15 is 0 Å². The number of rotatable bonds is 3. The summed E-state index contributed by atoms with van der Waals surface area (Å²) in [7, 11) is 0. The molecule has 0 amide bonds. The first kappa shape index (κ1) is 15.6. The van der Waals surface area contributed by atoms with Crippen LogP contribution in [0.1, 0.15) is 32.4 Å². The number of nitriles is 1. The highest BCUT2D eigenvalue weighted by Crippen LogP contribution is 2.21. The third kappa shape index (κ3) is 3.89. The van der Waals surface area contributed by atoms with Gasteiger partial charge >= 0.3 is 5.97 Å². The lowest BCUT2D eigenvalue weighted by Gasteiger charge is -2.21. The first-order valence-electron chi connectivity index (χ1n) is 6.92. The third-order valence-corrected chi connectivity index (χ3v) is 2.82. The van der Waals surface area contributed by atoms with Crippen LogP contribution >= 0.6 is 0 Å². The van der Waals surface area contributed by atoms with Crippen LogP contribution in [-0.4, -0.2) is 21.8 Å². The van der Waals surface area contributed by atoms with Gasteiger partial charge in [-0.15, -0.1) is 0 Å². The highest BCUT2D eigenvalue weighted by atomic mass is 16.6. The summed E-state index contributed by atoms with van der Waals surface area (Å²) in [5.74, 6) is -1.69. The van der Waals surface area contributed by atoms with E-state index in [2.05, 4.69) is 10.2 Å². The normalized spacial score (nSPS) is 12.3. The summed E-state index contributed by atoms with van der Waals surface area (Å²) in [5.41, 5.74) is 1.25. The van der Waals surface area contributed by atoms with E-state index in [1.807, 2.05) is 36.4 Å². The molecule has 1 unspecified atom stereocenters. The van der Waals surface area contributed by atoms with Gasteiger partial charge in [0, 0.05) is 5.56 Å².